The first-order valence-corrected chi connectivity index (χ1v) is 5.24. The van der Waals surface area contributed by atoms with Crippen LogP contribution in [0.4, 0.5) is 4.39 Å². The van der Waals surface area contributed by atoms with Crippen molar-refractivity contribution in [3.05, 3.63) is 35.6 Å². The van der Waals surface area contributed by atoms with Crippen LogP contribution in [0.15, 0.2) is 24.3 Å². The topological polar surface area (TPSA) is 12.0 Å². The first-order chi connectivity index (χ1) is 6.77. The van der Waals surface area contributed by atoms with E-state index in [1.54, 1.807) is 6.07 Å². The summed E-state index contributed by atoms with van der Waals surface area (Å²) in [5, 5.41) is 3.34. The lowest BCUT2D eigenvalue weighted by atomic mass is 10.1. The molecular weight excluding hydrogens is 177 g/mol. The van der Waals surface area contributed by atoms with E-state index in [4.69, 9.17) is 0 Å². The van der Waals surface area contributed by atoms with E-state index >= 15 is 0 Å². The second kappa shape index (κ2) is 5.76. The van der Waals surface area contributed by atoms with Crippen LogP contribution in [-0.2, 0) is 6.54 Å². The molecule has 0 spiro atoms. The number of benzene rings is 1. The molecule has 0 aliphatic carbocycles. The van der Waals surface area contributed by atoms with Gasteiger partial charge in [0.1, 0.15) is 5.82 Å². The zero-order valence-electron chi connectivity index (χ0n) is 8.89. The van der Waals surface area contributed by atoms with Crippen LogP contribution in [0.25, 0.3) is 0 Å². The van der Waals surface area contributed by atoms with Crippen LogP contribution in [-0.4, -0.2) is 6.04 Å². The maximum Gasteiger partial charge on any atom is 0.127 e. The van der Waals surface area contributed by atoms with Crippen molar-refractivity contribution < 1.29 is 4.39 Å². The highest BCUT2D eigenvalue weighted by Crippen LogP contribution is 2.07. The molecule has 0 fully saturated rings. The highest BCUT2D eigenvalue weighted by molar-refractivity contribution is 5.16. The number of hydrogen-bond donors (Lipinski definition) is 1. The lowest BCUT2D eigenvalue weighted by molar-refractivity contribution is 0.475. The fraction of sp³-hybridized carbons (Fsp3) is 0.500. The Hall–Kier alpha value is -0.890. The van der Waals surface area contributed by atoms with Gasteiger partial charge in [-0.15, -0.1) is 0 Å². The molecular formula is C12H18FN. The second-order valence-electron chi connectivity index (χ2n) is 3.49. The van der Waals surface area contributed by atoms with E-state index in [2.05, 4.69) is 19.2 Å². The van der Waals surface area contributed by atoms with Crippen LogP contribution >= 0.6 is 0 Å². The monoisotopic (exact) mass is 195 g/mol. The van der Waals surface area contributed by atoms with Crippen LogP contribution in [0.3, 0.4) is 0 Å². The summed E-state index contributed by atoms with van der Waals surface area (Å²) in [6.07, 6.45) is 2.18. The van der Waals surface area contributed by atoms with Crippen molar-refractivity contribution in [2.75, 3.05) is 0 Å². The molecule has 78 valence electrons. The summed E-state index contributed by atoms with van der Waals surface area (Å²) in [6, 6.07) is 7.41. The number of hydrogen-bond acceptors (Lipinski definition) is 1. The summed E-state index contributed by atoms with van der Waals surface area (Å²) in [6.45, 7) is 4.91. The molecule has 0 radical (unpaired) electrons. The van der Waals surface area contributed by atoms with Gasteiger partial charge >= 0.3 is 0 Å². The molecule has 0 bridgehead atoms. The van der Waals surface area contributed by atoms with Crippen molar-refractivity contribution in [2.45, 2.75) is 39.3 Å². The van der Waals surface area contributed by atoms with Gasteiger partial charge in [-0.05, 0) is 18.9 Å². The molecule has 1 nitrogen and oxygen atoms in total. The van der Waals surface area contributed by atoms with Gasteiger partial charge in [0.25, 0.3) is 0 Å². The van der Waals surface area contributed by atoms with Crippen molar-refractivity contribution in [1.29, 1.82) is 0 Å². The molecule has 0 atom stereocenters. The molecule has 0 aliphatic heterocycles. The lowest BCUT2D eigenvalue weighted by Gasteiger charge is -2.14. The molecule has 0 unspecified atom stereocenters. The zero-order valence-corrected chi connectivity index (χ0v) is 8.89. The molecule has 1 N–H and O–H groups in total. The van der Waals surface area contributed by atoms with Gasteiger partial charge in [-0.3, -0.25) is 0 Å². The van der Waals surface area contributed by atoms with Gasteiger partial charge in [0.15, 0.2) is 0 Å². The molecule has 1 aromatic carbocycles. The van der Waals surface area contributed by atoms with Gasteiger partial charge in [0, 0.05) is 18.2 Å². The Bertz CT molecular complexity index is 269. The predicted molar refractivity (Wildman–Crippen MR) is 57.6 cm³/mol. The smallest absolute Gasteiger partial charge is 0.127 e. The van der Waals surface area contributed by atoms with Gasteiger partial charge < -0.3 is 5.32 Å². The van der Waals surface area contributed by atoms with Crippen molar-refractivity contribution in [3.63, 3.8) is 0 Å². The number of rotatable bonds is 5. The molecule has 0 amide bonds. The van der Waals surface area contributed by atoms with Crippen LogP contribution in [0.2, 0.25) is 0 Å². The van der Waals surface area contributed by atoms with Crippen molar-refractivity contribution in [3.8, 4) is 0 Å². The fourth-order valence-corrected chi connectivity index (χ4v) is 1.47. The predicted octanol–water partition coefficient (Wildman–Crippen LogP) is 3.10. The maximum atomic E-state index is 13.2. The minimum absolute atomic E-state index is 0.119. The van der Waals surface area contributed by atoms with E-state index in [1.807, 2.05) is 12.1 Å². The Morgan fingerprint density at radius 1 is 1.21 bits per heavy atom. The molecule has 0 aliphatic rings. The second-order valence-corrected chi connectivity index (χ2v) is 3.49. The van der Waals surface area contributed by atoms with E-state index in [9.17, 15) is 4.39 Å². The normalized spacial score (nSPS) is 10.9. The van der Waals surface area contributed by atoms with E-state index in [0.29, 0.717) is 12.6 Å². The molecule has 0 saturated heterocycles. The van der Waals surface area contributed by atoms with E-state index in [0.717, 1.165) is 18.4 Å². The van der Waals surface area contributed by atoms with E-state index in [-0.39, 0.29) is 5.82 Å². The van der Waals surface area contributed by atoms with Gasteiger partial charge in [-0.25, -0.2) is 4.39 Å². The molecule has 2 heteroatoms. The average molecular weight is 195 g/mol. The van der Waals surface area contributed by atoms with Crippen LogP contribution < -0.4 is 5.32 Å². The first kappa shape index (κ1) is 11.2. The molecule has 0 aromatic heterocycles. The van der Waals surface area contributed by atoms with E-state index < -0.39 is 0 Å². The summed E-state index contributed by atoms with van der Waals surface area (Å²) >= 11 is 0. The third-order valence-electron chi connectivity index (χ3n) is 2.52. The van der Waals surface area contributed by atoms with Gasteiger partial charge in [0.05, 0.1) is 0 Å². The van der Waals surface area contributed by atoms with Gasteiger partial charge in [-0.2, -0.15) is 0 Å². The average Bonchev–Trinajstić information content (AvgIpc) is 2.22. The van der Waals surface area contributed by atoms with Crippen LogP contribution in [0.1, 0.15) is 32.3 Å². The zero-order chi connectivity index (χ0) is 10.4. The quantitative estimate of drug-likeness (QED) is 0.761. The Kier molecular flexibility index (Phi) is 4.60. The molecule has 0 heterocycles. The van der Waals surface area contributed by atoms with Gasteiger partial charge in [0.2, 0.25) is 0 Å². The summed E-state index contributed by atoms with van der Waals surface area (Å²) in [7, 11) is 0. The van der Waals surface area contributed by atoms with Crippen molar-refractivity contribution >= 4 is 0 Å². The molecule has 1 rings (SSSR count). The Balaban J connectivity index is 2.49. The van der Waals surface area contributed by atoms with Crippen molar-refractivity contribution in [1.82, 2.24) is 5.32 Å². The largest absolute Gasteiger partial charge is 0.310 e. The van der Waals surface area contributed by atoms with Gasteiger partial charge in [-0.1, -0.05) is 32.0 Å². The third kappa shape index (κ3) is 3.11. The SMILES string of the molecule is CCC(CC)NCc1ccccc1F. The van der Waals surface area contributed by atoms with Crippen molar-refractivity contribution in [2.24, 2.45) is 0 Å². The van der Waals surface area contributed by atoms with E-state index in [1.165, 1.54) is 6.07 Å². The first-order valence-electron chi connectivity index (χ1n) is 5.24. The standard InChI is InChI=1S/C12H18FN/c1-3-11(4-2)14-9-10-7-5-6-8-12(10)13/h5-8,11,14H,3-4,9H2,1-2H3. The summed E-state index contributed by atoms with van der Waals surface area (Å²) in [5.41, 5.74) is 0.749. The fourth-order valence-electron chi connectivity index (χ4n) is 1.47. The molecule has 0 saturated carbocycles. The minimum atomic E-state index is -0.119. The Morgan fingerprint density at radius 3 is 2.43 bits per heavy atom. The lowest BCUT2D eigenvalue weighted by Crippen LogP contribution is -2.27. The number of nitrogens with one attached hydrogen (secondary N) is 1. The molecule has 1 aromatic rings. The summed E-state index contributed by atoms with van der Waals surface area (Å²) in [5.74, 6) is -0.119. The third-order valence-corrected chi connectivity index (χ3v) is 2.52. The Labute approximate surface area is 85.3 Å². The number of halogens is 1. The Morgan fingerprint density at radius 2 is 1.86 bits per heavy atom. The summed E-state index contributed by atoms with van der Waals surface area (Å²) in [4.78, 5) is 0. The van der Waals surface area contributed by atoms with Crippen LogP contribution in [0, 0.1) is 5.82 Å². The minimum Gasteiger partial charge on any atom is -0.310 e. The highest BCUT2D eigenvalue weighted by Gasteiger charge is 2.04. The maximum absolute atomic E-state index is 13.2. The molecule has 14 heavy (non-hydrogen) atoms. The highest BCUT2D eigenvalue weighted by atomic mass is 19.1. The summed E-state index contributed by atoms with van der Waals surface area (Å²) < 4.78 is 13.2. The van der Waals surface area contributed by atoms with Crippen LogP contribution in [0.5, 0.6) is 0 Å².